The molecule has 0 radical (unpaired) electrons. The van der Waals surface area contributed by atoms with Gasteiger partial charge in [0.15, 0.2) is 0 Å². The Balaban J connectivity index is 2.06. The largest absolute Gasteiger partial charge is 0.314 e. The van der Waals surface area contributed by atoms with E-state index in [2.05, 4.69) is 37.9 Å². The van der Waals surface area contributed by atoms with Crippen molar-refractivity contribution in [2.45, 2.75) is 91.1 Å². The van der Waals surface area contributed by atoms with Crippen LogP contribution in [0, 0.1) is 5.92 Å². The number of rotatable bonds is 13. The Morgan fingerprint density at radius 1 is 1.00 bits per heavy atom. The molecule has 0 bridgehead atoms. The van der Waals surface area contributed by atoms with Gasteiger partial charge in [-0.3, -0.25) is 0 Å². The van der Waals surface area contributed by atoms with E-state index in [9.17, 15) is 0 Å². The molecule has 0 unspecified atom stereocenters. The Morgan fingerprint density at radius 3 is 2.20 bits per heavy atom. The summed E-state index contributed by atoms with van der Waals surface area (Å²) in [4.78, 5) is 2.74. The summed E-state index contributed by atoms with van der Waals surface area (Å²) in [6.07, 6.45) is 11.0. The van der Waals surface area contributed by atoms with Crippen molar-refractivity contribution in [3.8, 4) is 0 Å². The normalized spacial score (nSPS) is 15.8. The monoisotopic (exact) mass is 282 g/mol. The highest BCUT2D eigenvalue weighted by molar-refractivity contribution is 4.80. The summed E-state index contributed by atoms with van der Waals surface area (Å²) in [7, 11) is 0. The van der Waals surface area contributed by atoms with Gasteiger partial charge in [0.1, 0.15) is 0 Å². The average molecular weight is 283 g/mol. The van der Waals surface area contributed by atoms with Gasteiger partial charge in [0.05, 0.1) is 0 Å². The highest BCUT2D eigenvalue weighted by Crippen LogP contribution is 2.18. The molecular weight excluding hydrogens is 244 g/mol. The fraction of sp³-hybridized carbons (Fsp3) is 1.00. The topological polar surface area (TPSA) is 15.3 Å². The molecule has 0 atom stereocenters. The average Bonchev–Trinajstić information content (AvgIpc) is 3.22. The van der Waals surface area contributed by atoms with Gasteiger partial charge in [0.25, 0.3) is 0 Å². The number of unbranched alkanes of at least 4 members (excludes halogenated alkanes) is 3. The first-order valence-corrected chi connectivity index (χ1v) is 9.14. The molecule has 1 fully saturated rings. The van der Waals surface area contributed by atoms with Crippen LogP contribution in [0.5, 0.6) is 0 Å². The minimum Gasteiger partial charge on any atom is -0.314 e. The first-order valence-electron chi connectivity index (χ1n) is 9.14. The standard InChI is InChI=1S/C18H38N2/c1-5-18(6-2)20(15-16(3)4)14-10-8-7-9-13-19-17-11-12-17/h16-19H,5-15H2,1-4H3. The van der Waals surface area contributed by atoms with Gasteiger partial charge in [-0.05, 0) is 57.5 Å². The van der Waals surface area contributed by atoms with Crippen LogP contribution in [0.2, 0.25) is 0 Å². The Morgan fingerprint density at radius 2 is 1.65 bits per heavy atom. The van der Waals surface area contributed by atoms with E-state index in [0.29, 0.717) is 0 Å². The maximum absolute atomic E-state index is 3.61. The molecule has 1 aliphatic carbocycles. The van der Waals surface area contributed by atoms with Crippen molar-refractivity contribution >= 4 is 0 Å². The van der Waals surface area contributed by atoms with E-state index in [1.807, 2.05) is 0 Å². The molecule has 0 heterocycles. The van der Waals surface area contributed by atoms with Crippen LogP contribution in [0.25, 0.3) is 0 Å². The minimum absolute atomic E-state index is 0.790. The first kappa shape index (κ1) is 18.0. The van der Waals surface area contributed by atoms with Crippen molar-refractivity contribution in [1.82, 2.24) is 10.2 Å². The van der Waals surface area contributed by atoms with Crippen LogP contribution in [-0.4, -0.2) is 36.6 Å². The quantitative estimate of drug-likeness (QED) is 0.502. The van der Waals surface area contributed by atoms with Crippen LogP contribution in [0.15, 0.2) is 0 Å². The lowest BCUT2D eigenvalue weighted by molar-refractivity contribution is 0.162. The summed E-state index contributed by atoms with van der Waals surface area (Å²) in [6.45, 7) is 13.2. The molecule has 1 N–H and O–H groups in total. The van der Waals surface area contributed by atoms with Gasteiger partial charge in [-0.2, -0.15) is 0 Å². The molecule has 2 nitrogen and oxygen atoms in total. The molecule has 2 heteroatoms. The van der Waals surface area contributed by atoms with Crippen molar-refractivity contribution in [2.24, 2.45) is 5.92 Å². The van der Waals surface area contributed by atoms with E-state index < -0.39 is 0 Å². The Hall–Kier alpha value is -0.0800. The summed E-state index contributed by atoms with van der Waals surface area (Å²) < 4.78 is 0. The molecule has 0 aromatic rings. The Kier molecular flexibility index (Phi) is 9.54. The lowest BCUT2D eigenvalue weighted by Crippen LogP contribution is -2.38. The van der Waals surface area contributed by atoms with Crippen molar-refractivity contribution < 1.29 is 0 Å². The zero-order valence-corrected chi connectivity index (χ0v) is 14.5. The summed E-state index contributed by atoms with van der Waals surface area (Å²) in [5.74, 6) is 0.790. The maximum atomic E-state index is 3.61. The molecule has 0 aliphatic heterocycles. The van der Waals surface area contributed by atoms with E-state index in [0.717, 1.165) is 18.0 Å². The highest BCUT2D eigenvalue weighted by atomic mass is 15.1. The van der Waals surface area contributed by atoms with Crippen molar-refractivity contribution in [3.05, 3.63) is 0 Å². The fourth-order valence-electron chi connectivity index (χ4n) is 3.08. The second kappa shape index (κ2) is 10.6. The third kappa shape index (κ3) is 8.26. The van der Waals surface area contributed by atoms with E-state index >= 15 is 0 Å². The van der Waals surface area contributed by atoms with Crippen LogP contribution in [0.4, 0.5) is 0 Å². The first-order chi connectivity index (χ1) is 9.67. The van der Waals surface area contributed by atoms with Gasteiger partial charge in [0, 0.05) is 18.6 Å². The zero-order valence-electron chi connectivity index (χ0n) is 14.5. The van der Waals surface area contributed by atoms with E-state index in [1.54, 1.807) is 0 Å². The predicted octanol–water partition coefficient (Wildman–Crippen LogP) is 4.45. The Bertz CT molecular complexity index is 219. The Labute approximate surface area is 127 Å². The van der Waals surface area contributed by atoms with Gasteiger partial charge in [0.2, 0.25) is 0 Å². The molecule has 1 rings (SSSR count). The smallest absolute Gasteiger partial charge is 0.00901 e. The number of hydrogen-bond donors (Lipinski definition) is 1. The van der Waals surface area contributed by atoms with Crippen LogP contribution < -0.4 is 5.32 Å². The SMILES string of the molecule is CCC(CC)N(CCCCCCNC1CC1)CC(C)C. The molecule has 0 aromatic carbocycles. The summed E-state index contributed by atoms with van der Waals surface area (Å²) in [6, 6.07) is 1.68. The molecule has 120 valence electrons. The van der Waals surface area contributed by atoms with Crippen molar-refractivity contribution in [1.29, 1.82) is 0 Å². The van der Waals surface area contributed by atoms with Crippen LogP contribution >= 0.6 is 0 Å². The lowest BCUT2D eigenvalue weighted by Gasteiger charge is -2.32. The molecule has 0 aromatic heterocycles. The summed E-state index contributed by atoms with van der Waals surface area (Å²) in [5.41, 5.74) is 0. The van der Waals surface area contributed by atoms with Gasteiger partial charge in [-0.1, -0.05) is 40.5 Å². The van der Waals surface area contributed by atoms with Gasteiger partial charge < -0.3 is 10.2 Å². The number of nitrogens with zero attached hydrogens (tertiary/aromatic N) is 1. The van der Waals surface area contributed by atoms with Crippen LogP contribution in [0.1, 0.15) is 79.1 Å². The molecule has 1 saturated carbocycles. The minimum atomic E-state index is 0.790. The van der Waals surface area contributed by atoms with Crippen LogP contribution in [-0.2, 0) is 0 Å². The van der Waals surface area contributed by atoms with Crippen molar-refractivity contribution in [3.63, 3.8) is 0 Å². The third-order valence-corrected chi connectivity index (χ3v) is 4.44. The van der Waals surface area contributed by atoms with Crippen LogP contribution in [0.3, 0.4) is 0 Å². The summed E-state index contributed by atoms with van der Waals surface area (Å²) in [5, 5.41) is 3.61. The molecule has 0 amide bonds. The molecule has 0 spiro atoms. The van der Waals surface area contributed by atoms with Gasteiger partial charge in [-0.15, -0.1) is 0 Å². The number of nitrogens with one attached hydrogen (secondary N) is 1. The highest BCUT2D eigenvalue weighted by Gasteiger charge is 2.19. The second-order valence-electron chi connectivity index (χ2n) is 7.00. The second-order valence-corrected chi connectivity index (χ2v) is 7.00. The molecule has 0 saturated heterocycles. The van der Waals surface area contributed by atoms with Crippen molar-refractivity contribution in [2.75, 3.05) is 19.6 Å². The predicted molar refractivity (Wildman–Crippen MR) is 90.3 cm³/mol. The molecule has 20 heavy (non-hydrogen) atoms. The van der Waals surface area contributed by atoms with E-state index in [4.69, 9.17) is 0 Å². The fourth-order valence-corrected chi connectivity index (χ4v) is 3.08. The van der Waals surface area contributed by atoms with E-state index in [-0.39, 0.29) is 0 Å². The van der Waals surface area contributed by atoms with Gasteiger partial charge in [-0.25, -0.2) is 0 Å². The number of hydrogen-bond acceptors (Lipinski definition) is 2. The zero-order chi connectivity index (χ0) is 14.8. The maximum Gasteiger partial charge on any atom is 0.00901 e. The molecule has 1 aliphatic rings. The molecular formula is C18H38N2. The van der Waals surface area contributed by atoms with Gasteiger partial charge >= 0.3 is 0 Å². The lowest BCUT2D eigenvalue weighted by atomic mass is 10.1. The third-order valence-electron chi connectivity index (χ3n) is 4.44. The van der Waals surface area contributed by atoms with E-state index in [1.165, 1.54) is 71.0 Å². The summed E-state index contributed by atoms with van der Waals surface area (Å²) >= 11 is 0.